The third kappa shape index (κ3) is 2.81. The Morgan fingerprint density at radius 3 is 2.42 bits per heavy atom. The van der Waals surface area contributed by atoms with E-state index in [2.05, 4.69) is 0 Å². The van der Waals surface area contributed by atoms with Gasteiger partial charge in [0.1, 0.15) is 0 Å². The summed E-state index contributed by atoms with van der Waals surface area (Å²) in [5, 5.41) is 0. The van der Waals surface area contributed by atoms with Crippen molar-refractivity contribution in [2.45, 2.75) is 27.7 Å². The van der Waals surface area contributed by atoms with Gasteiger partial charge in [0, 0.05) is 0 Å². The number of hydrogen-bond donors (Lipinski definition) is 1. The van der Waals surface area contributed by atoms with Crippen LogP contribution in [0, 0.1) is 11.3 Å². The van der Waals surface area contributed by atoms with Gasteiger partial charge in [0.25, 0.3) is 0 Å². The van der Waals surface area contributed by atoms with E-state index in [0.717, 1.165) is 0 Å². The highest BCUT2D eigenvalue weighted by atomic mass is 16.5. The van der Waals surface area contributed by atoms with Gasteiger partial charge in [-0.05, 0) is 18.9 Å². The van der Waals surface area contributed by atoms with E-state index in [1.807, 2.05) is 20.8 Å². The Balaban J connectivity index is 4.17. The first-order valence-electron chi connectivity index (χ1n) is 4.32. The van der Waals surface area contributed by atoms with Crippen molar-refractivity contribution in [2.75, 3.05) is 13.2 Å². The quantitative estimate of drug-likeness (QED) is 0.649. The third-order valence-corrected chi connectivity index (χ3v) is 2.34. The van der Waals surface area contributed by atoms with E-state index in [9.17, 15) is 4.79 Å². The lowest BCUT2D eigenvalue weighted by molar-refractivity contribution is -0.151. The van der Waals surface area contributed by atoms with Crippen LogP contribution >= 0.6 is 0 Å². The highest BCUT2D eigenvalue weighted by Gasteiger charge is 2.30. The molecule has 0 fully saturated rings. The molecule has 0 aliphatic carbocycles. The van der Waals surface area contributed by atoms with Crippen LogP contribution in [0.4, 0.5) is 0 Å². The van der Waals surface area contributed by atoms with E-state index >= 15 is 0 Å². The van der Waals surface area contributed by atoms with Crippen molar-refractivity contribution in [2.24, 2.45) is 17.1 Å². The lowest BCUT2D eigenvalue weighted by Gasteiger charge is -2.28. The minimum Gasteiger partial charge on any atom is -0.466 e. The zero-order chi connectivity index (χ0) is 9.78. The molecule has 3 heteroatoms. The predicted octanol–water partition coefficient (Wildman–Crippen LogP) is 1.17. The molecule has 0 radical (unpaired) electrons. The first kappa shape index (κ1) is 11.4. The molecule has 0 rings (SSSR count). The Bertz CT molecular complexity index is 155. The Kier molecular flexibility index (Phi) is 4.24. The summed E-state index contributed by atoms with van der Waals surface area (Å²) in [4.78, 5) is 11.3. The predicted molar refractivity (Wildman–Crippen MR) is 48.6 cm³/mol. The van der Waals surface area contributed by atoms with Crippen molar-refractivity contribution >= 4 is 5.97 Å². The van der Waals surface area contributed by atoms with Gasteiger partial charge in [0.05, 0.1) is 12.5 Å². The Hall–Kier alpha value is -0.570. The molecule has 0 aliphatic heterocycles. The maximum Gasteiger partial charge on any atom is 0.309 e. The van der Waals surface area contributed by atoms with Gasteiger partial charge >= 0.3 is 5.97 Å². The molecule has 1 unspecified atom stereocenters. The summed E-state index contributed by atoms with van der Waals surface area (Å²) in [5.74, 6) is -0.296. The minimum absolute atomic E-state index is 0.137. The zero-order valence-corrected chi connectivity index (χ0v) is 8.39. The fraction of sp³-hybridized carbons (Fsp3) is 0.889. The third-order valence-electron chi connectivity index (χ3n) is 2.34. The fourth-order valence-corrected chi connectivity index (χ4v) is 0.763. The molecule has 0 aromatic rings. The van der Waals surface area contributed by atoms with E-state index in [4.69, 9.17) is 10.5 Å². The molecule has 0 spiro atoms. The highest BCUT2D eigenvalue weighted by Crippen LogP contribution is 2.25. The molecule has 12 heavy (non-hydrogen) atoms. The fourth-order valence-electron chi connectivity index (χ4n) is 0.763. The topological polar surface area (TPSA) is 52.3 Å². The Labute approximate surface area is 74.3 Å². The van der Waals surface area contributed by atoms with Crippen molar-refractivity contribution in [1.29, 1.82) is 0 Å². The van der Waals surface area contributed by atoms with Gasteiger partial charge in [-0.25, -0.2) is 0 Å². The van der Waals surface area contributed by atoms with Gasteiger partial charge in [-0.2, -0.15) is 0 Å². The van der Waals surface area contributed by atoms with E-state index < -0.39 is 0 Å². The summed E-state index contributed by atoms with van der Waals surface area (Å²) in [6.45, 7) is 8.52. The molecule has 2 N–H and O–H groups in total. The number of esters is 1. The van der Waals surface area contributed by atoms with Crippen molar-refractivity contribution in [3.8, 4) is 0 Å². The van der Waals surface area contributed by atoms with E-state index in [1.54, 1.807) is 6.92 Å². The van der Waals surface area contributed by atoms with Crippen LogP contribution in [0.5, 0.6) is 0 Å². The molecule has 0 aromatic carbocycles. The molecule has 0 saturated carbocycles. The standard InChI is InChI=1S/C9H19NO2/c1-5-12-8(11)7(2)9(3,4)6-10/h7H,5-6,10H2,1-4H3. The van der Waals surface area contributed by atoms with Crippen molar-refractivity contribution < 1.29 is 9.53 Å². The monoisotopic (exact) mass is 173 g/mol. The molecule has 0 heterocycles. The van der Waals surface area contributed by atoms with E-state index in [1.165, 1.54) is 0 Å². The van der Waals surface area contributed by atoms with Gasteiger partial charge in [-0.15, -0.1) is 0 Å². The normalized spacial score (nSPS) is 14.1. The van der Waals surface area contributed by atoms with Gasteiger partial charge in [-0.1, -0.05) is 20.8 Å². The number of rotatable bonds is 4. The second-order valence-corrected chi connectivity index (χ2v) is 3.67. The van der Waals surface area contributed by atoms with Gasteiger partial charge in [-0.3, -0.25) is 4.79 Å². The van der Waals surface area contributed by atoms with Crippen LogP contribution in [0.25, 0.3) is 0 Å². The maximum absolute atomic E-state index is 11.3. The number of nitrogens with two attached hydrogens (primary N) is 1. The molecule has 3 nitrogen and oxygen atoms in total. The lowest BCUT2D eigenvalue weighted by atomic mass is 9.80. The van der Waals surface area contributed by atoms with Crippen LogP contribution in [-0.2, 0) is 9.53 Å². The molecule has 0 aromatic heterocycles. The SMILES string of the molecule is CCOC(=O)C(C)C(C)(C)CN. The molecule has 0 saturated heterocycles. The molecular formula is C9H19NO2. The minimum atomic E-state index is -0.174. The molecule has 0 aliphatic rings. The summed E-state index contributed by atoms with van der Waals surface area (Å²) in [6, 6.07) is 0. The van der Waals surface area contributed by atoms with Crippen molar-refractivity contribution in [1.82, 2.24) is 0 Å². The maximum atomic E-state index is 11.3. The number of carbonyl (C=O) groups excluding carboxylic acids is 1. The Morgan fingerprint density at radius 1 is 1.58 bits per heavy atom. The number of hydrogen-bond acceptors (Lipinski definition) is 3. The lowest BCUT2D eigenvalue weighted by Crippen LogP contribution is -2.36. The van der Waals surface area contributed by atoms with Crippen LogP contribution in [0.3, 0.4) is 0 Å². The number of ether oxygens (including phenoxy) is 1. The molecule has 0 amide bonds. The number of carbonyl (C=O) groups is 1. The summed E-state index contributed by atoms with van der Waals surface area (Å²) in [6.07, 6.45) is 0. The molecule has 72 valence electrons. The summed E-state index contributed by atoms with van der Waals surface area (Å²) < 4.78 is 4.90. The van der Waals surface area contributed by atoms with Gasteiger partial charge in [0.15, 0.2) is 0 Å². The second-order valence-electron chi connectivity index (χ2n) is 3.67. The van der Waals surface area contributed by atoms with Crippen molar-refractivity contribution in [3.63, 3.8) is 0 Å². The van der Waals surface area contributed by atoms with Crippen LogP contribution in [0.1, 0.15) is 27.7 Å². The van der Waals surface area contributed by atoms with E-state index in [0.29, 0.717) is 13.2 Å². The largest absolute Gasteiger partial charge is 0.466 e. The first-order valence-corrected chi connectivity index (χ1v) is 4.32. The van der Waals surface area contributed by atoms with Crippen LogP contribution in [0.15, 0.2) is 0 Å². The summed E-state index contributed by atoms with van der Waals surface area (Å²) >= 11 is 0. The zero-order valence-electron chi connectivity index (χ0n) is 8.39. The summed E-state index contributed by atoms with van der Waals surface area (Å²) in [7, 11) is 0. The second kappa shape index (κ2) is 4.45. The van der Waals surface area contributed by atoms with Crippen molar-refractivity contribution in [3.05, 3.63) is 0 Å². The average molecular weight is 173 g/mol. The highest BCUT2D eigenvalue weighted by molar-refractivity contribution is 5.72. The summed E-state index contributed by atoms with van der Waals surface area (Å²) in [5.41, 5.74) is 5.36. The first-order chi connectivity index (χ1) is 5.45. The van der Waals surface area contributed by atoms with Crippen LogP contribution in [-0.4, -0.2) is 19.1 Å². The van der Waals surface area contributed by atoms with Crippen LogP contribution < -0.4 is 5.73 Å². The smallest absolute Gasteiger partial charge is 0.309 e. The Morgan fingerprint density at radius 2 is 2.08 bits per heavy atom. The molecule has 0 bridgehead atoms. The molecular weight excluding hydrogens is 154 g/mol. The van der Waals surface area contributed by atoms with E-state index in [-0.39, 0.29) is 17.3 Å². The van der Waals surface area contributed by atoms with Gasteiger partial charge < -0.3 is 10.5 Å². The molecule has 1 atom stereocenters. The van der Waals surface area contributed by atoms with Gasteiger partial charge in [0.2, 0.25) is 0 Å². The van der Waals surface area contributed by atoms with Crippen LogP contribution in [0.2, 0.25) is 0 Å². The average Bonchev–Trinajstić information content (AvgIpc) is 2.03.